The summed E-state index contributed by atoms with van der Waals surface area (Å²) in [6.07, 6.45) is 0.0713. The second-order valence-electron chi connectivity index (χ2n) is 7.46. The van der Waals surface area contributed by atoms with Crippen molar-refractivity contribution in [2.24, 2.45) is 0 Å². The molecule has 0 bridgehead atoms. The van der Waals surface area contributed by atoms with Gasteiger partial charge in [0, 0.05) is 19.3 Å². The van der Waals surface area contributed by atoms with E-state index in [1.165, 1.54) is 36.2 Å². The van der Waals surface area contributed by atoms with Gasteiger partial charge in [0.05, 0.1) is 33.7 Å². The minimum absolute atomic E-state index is 0.0692. The first kappa shape index (κ1) is 26.7. The maximum absolute atomic E-state index is 13.2. The summed E-state index contributed by atoms with van der Waals surface area (Å²) in [7, 11) is -2.85. The number of carbonyl (C=O) groups excluding carboxylic acids is 2. The van der Waals surface area contributed by atoms with Crippen LogP contribution >= 0.6 is 11.6 Å². The fraction of sp³-hybridized carbons (Fsp3) is 0.160. The van der Waals surface area contributed by atoms with Gasteiger partial charge in [-0.25, -0.2) is 17.6 Å². The van der Waals surface area contributed by atoms with Crippen LogP contribution in [0, 0.1) is 17.1 Å². The van der Waals surface area contributed by atoms with Crippen LogP contribution in [-0.2, 0) is 19.6 Å². The van der Waals surface area contributed by atoms with Gasteiger partial charge >= 0.3 is 5.97 Å². The van der Waals surface area contributed by atoms with E-state index >= 15 is 0 Å². The smallest absolute Gasteiger partial charge is 0.340 e. The number of nitrogens with zero attached hydrogens (tertiary/aromatic N) is 3. The zero-order chi connectivity index (χ0) is 26.3. The average molecular weight is 530 g/mol. The summed E-state index contributed by atoms with van der Waals surface area (Å²) < 4.78 is 45.4. The number of hydrogen-bond donors (Lipinski definition) is 0. The topological polar surface area (TPSA) is 108 Å². The van der Waals surface area contributed by atoms with Gasteiger partial charge in [-0.15, -0.1) is 0 Å². The fourth-order valence-corrected chi connectivity index (χ4v) is 4.64. The Bertz CT molecular complexity index is 1390. The Morgan fingerprint density at radius 1 is 1.03 bits per heavy atom. The molecule has 0 aromatic heterocycles. The third-order valence-corrected chi connectivity index (χ3v) is 7.26. The summed E-state index contributed by atoms with van der Waals surface area (Å²) in [5.41, 5.74) is 0.490. The quantitative estimate of drug-likeness (QED) is 0.380. The minimum Gasteiger partial charge on any atom is -0.452 e. The molecule has 3 rings (SSSR count). The Kier molecular flexibility index (Phi) is 8.64. The summed E-state index contributed by atoms with van der Waals surface area (Å²) in [4.78, 5) is 26.5. The van der Waals surface area contributed by atoms with Crippen LogP contribution in [0.15, 0.2) is 77.7 Å². The molecule has 0 aliphatic carbocycles. The largest absolute Gasteiger partial charge is 0.452 e. The van der Waals surface area contributed by atoms with E-state index in [4.69, 9.17) is 21.6 Å². The SMILES string of the molecule is CN(c1ccc(F)cc1)S(=O)(=O)c1ccc(Cl)c(C(=O)OCC(=O)N(CCC#N)c2ccccc2)c1. The van der Waals surface area contributed by atoms with Gasteiger partial charge in [-0.05, 0) is 54.6 Å². The van der Waals surface area contributed by atoms with Crippen molar-refractivity contribution >= 4 is 44.9 Å². The van der Waals surface area contributed by atoms with Gasteiger partial charge in [-0.2, -0.15) is 5.26 Å². The van der Waals surface area contributed by atoms with Crippen LogP contribution in [0.1, 0.15) is 16.8 Å². The average Bonchev–Trinajstić information content (AvgIpc) is 2.88. The number of nitriles is 1. The van der Waals surface area contributed by atoms with Crippen molar-refractivity contribution in [2.45, 2.75) is 11.3 Å². The monoisotopic (exact) mass is 529 g/mol. The van der Waals surface area contributed by atoms with Crippen molar-refractivity contribution in [3.63, 3.8) is 0 Å². The standard InChI is InChI=1S/C25H21ClFN3O5S/c1-29(19-10-8-18(27)9-11-19)36(33,34)21-12-13-23(26)22(16-21)25(32)35-17-24(31)30(15-5-14-28)20-6-3-2-4-7-20/h2-4,6-13,16H,5,15,17H2,1H3. The van der Waals surface area contributed by atoms with Gasteiger partial charge in [-0.3, -0.25) is 9.10 Å². The molecule has 0 unspecified atom stereocenters. The van der Waals surface area contributed by atoms with Crippen molar-refractivity contribution in [1.82, 2.24) is 0 Å². The van der Waals surface area contributed by atoms with Crippen molar-refractivity contribution < 1.29 is 27.1 Å². The minimum atomic E-state index is -4.13. The summed E-state index contributed by atoms with van der Waals surface area (Å²) in [5, 5.41) is 8.83. The molecule has 0 saturated heterocycles. The van der Waals surface area contributed by atoms with Crippen molar-refractivity contribution in [1.29, 1.82) is 5.26 Å². The molecule has 36 heavy (non-hydrogen) atoms. The second kappa shape index (κ2) is 11.7. The van der Waals surface area contributed by atoms with E-state index in [0.717, 1.165) is 22.5 Å². The number of esters is 1. The summed E-state index contributed by atoms with van der Waals surface area (Å²) >= 11 is 6.12. The lowest BCUT2D eigenvalue weighted by molar-refractivity contribution is -0.121. The lowest BCUT2D eigenvalue weighted by Crippen LogP contribution is -2.35. The second-order valence-corrected chi connectivity index (χ2v) is 9.83. The highest BCUT2D eigenvalue weighted by Crippen LogP contribution is 2.26. The van der Waals surface area contributed by atoms with Crippen molar-refractivity contribution in [3.05, 3.63) is 89.2 Å². The molecule has 0 heterocycles. The molecule has 186 valence electrons. The van der Waals surface area contributed by atoms with Gasteiger partial charge in [-0.1, -0.05) is 29.8 Å². The number of para-hydroxylation sites is 1. The Hall–Kier alpha value is -3.94. The third-order valence-electron chi connectivity index (χ3n) is 5.15. The molecule has 0 N–H and O–H groups in total. The molecule has 0 atom stereocenters. The summed E-state index contributed by atoms with van der Waals surface area (Å²) in [6, 6.07) is 18.9. The fourth-order valence-electron chi connectivity index (χ4n) is 3.22. The molecule has 0 fully saturated rings. The van der Waals surface area contributed by atoms with E-state index in [0.29, 0.717) is 5.69 Å². The van der Waals surface area contributed by atoms with Gasteiger partial charge in [0.2, 0.25) is 0 Å². The maximum Gasteiger partial charge on any atom is 0.340 e. The molecule has 11 heteroatoms. The van der Waals surface area contributed by atoms with Crippen LogP contribution in [-0.4, -0.2) is 40.5 Å². The highest BCUT2D eigenvalue weighted by atomic mass is 35.5. The first-order chi connectivity index (χ1) is 17.1. The van der Waals surface area contributed by atoms with E-state index in [2.05, 4.69) is 0 Å². The van der Waals surface area contributed by atoms with Gasteiger partial charge in [0.15, 0.2) is 6.61 Å². The molecule has 0 aliphatic heterocycles. The number of carbonyl (C=O) groups is 2. The van der Waals surface area contributed by atoms with Gasteiger partial charge in [0.1, 0.15) is 5.82 Å². The predicted molar refractivity (Wildman–Crippen MR) is 133 cm³/mol. The van der Waals surface area contributed by atoms with E-state index < -0.39 is 34.3 Å². The first-order valence-electron chi connectivity index (χ1n) is 10.6. The van der Waals surface area contributed by atoms with E-state index in [-0.39, 0.29) is 34.1 Å². The molecule has 0 saturated carbocycles. The zero-order valence-corrected chi connectivity index (χ0v) is 20.7. The lowest BCUT2D eigenvalue weighted by atomic mass is 10.2. The van der Waals surface area contributed by atoms with Crippen LogP contribution in [0.25, 0.3) is 0 Å². The van der Waals surface area contributed by atoms with Gasteiger partial charge < -0.3 is 9.64 Å². The van der Waals surface area contributed by atoms with Gasteiger partial charge in [0.25, 0.3) is 15.9 Å². The summed E-state index contributed by atoms with van der Waals surface area (Å²) in [6.45, 7) is -0.553. The normalized spacial score (nSPS) is 10.8. The van der Waals surface area contributed by atoms with Crippen LogP contribution in [0.4, 0.5) is 15.8 Å². The van der Waals surface area contributed by atoms with Crippen LogP contribution in [0.2, 0.25) is 5.02 Å². The summed E-state index contributed by atoms with van der Waals surface area (Å²) in [5.74, 6) is -2.09. The number of rotatable bonds is 9. The maximum atomic E-state index is 13.2. The van der Waals surface area contributed by atoms with Crippen LogP contribution in [0.5, 0.6) is 0 Å². The molecule has 3 aromatic rings. The zero-order valence-electron chi connectivity index (χ0n) is 19.1. The highest BCUT2D eigenvalue weighted by Gasteiger charge is 2.25. The lowest BCUT2D eigenvalue weighted by Gasteiger charge is -2.22. The molecule has 1 amide bonds. The number of hydrogen-bond acceptors (Lipinski definition) is 6. The van der Waals surface area contributed by atoms with Crippen molar-refractivity contribution in [2.75, 3.05) is 29.4 Å². The van der Waals surface area contributed by atoms with Crippen LogP contribution < -0.4 is 9.21 Å². The van der Waals surface area contributed by atoms with E-state index in [9.17, 15) is 22.4 Å². The number of anilines is 2. The highest BCUT2D eigenvalue weighted by molar-refractivity contribution is 7.92. The molecule has 0 radical (unpaired) electrons. The molecule has 0 aliphatic rings. The molecule has 8 nitrogen and oxygen atoms in total. The number of benzene rings is 3. The Labute approximate surface area is 213 Å². The number of sulfonamides is 1. The number of ether oxygens (including phenoxy) is 1. The Morgan fingerprint density at radius 3 is 2.33 bits per heavy atom. The molecular formula is C25H21ClFN3O5S. The third kappa shape index (κ3) is 6.19. The number of amides is 1. The predicted octanol–water partition coefficient (Wildman–Crippen LogP) is 4.41. The first-order valence-corrected chi connectivity index (χ1v) is 12.4. The molecular weight excluding hydrogens is 509 g/mol. The van der Waals surface area contributed by atoms with E-state index in [1.54, 1.807) is 30.3 Å². The number of halogens is 2. The Morgan fingerprint density at radius 2 is 1.69 bits per heavy atom. The molecule has 3 aromatic carbocycles. The molecule has 0 spiro atoms. The Balaban J connectivity index is 1.78. The van der Waals surface area contributed by atoms with Crippen molar-refractivity contribution in [3.8, 4) is 6.07 Å². The van der Waals surface area contributed by atoms with Crippen LogP contribution in [0.3, 0.4) is 0 Å². The van der Waals surface area contributed by atoms with E-state index in [1.807, 2.05) is 6.07 Å².